The first-order valence-corrected chi connectivity index (χ1v) is 7.37. The molecule has 0 spiro atoms. The largest absolute Gasteiger partial charge is 0.394 e. The second-order valence-corrected chi connectivity index (χ2v) is 6.08. The molecule has 2 aliphatic rings. The highest BCUT2D eigenvalue weighted by atomic mass is 16.7. The molecule has 142 valence electrons. The van der Waals surface area contributed by atoms with Crippen LogP contribution < -0.4 is 0 Å². The predicted octanol–water partition coefficient (Wildman–Crippen LogP) is -5.35. The highest BCUT2D eigenvalue weighted by molar-refractivity contribution is 5.17. The van der Waals surface area contributed by atoms with Crippen LogP contribution in [0.4, 0.5) is 0 Å². The lowest BCUT2D eigenvalue weighted by molar-refractivity contribution is -0.403. The van der Waals surface area contributed by atoms with Gasteiger partial charge in [0.25, 0.3) is 0 Å². The molecular formula is C13H24O11. The van der Waals surface area contributed by atoms with Crippen LogP contribution in [0.25, 0.3) is 0 Å². The van der Waals surface area contributed by atoms with Gasteiger partial charge in [-0.05, 0) is 0 Å². The average Bonchev–Trinajstić information content (AvgIpc) is 2.58. The summed E-state index contributed by atoms with van der Waals surface area (Å²) in [6, 6.07) is 0. The summed E-state index contributed by atoms with van der Waals surface area (Å²) in [4.78, 5) is 0. The van der Waals surface area contributed by atoms with Crippen LogP contribution in [0.5, 0.6) is 0 Å². The molecule has 9 atom stereocenters. The van der Waals surface area contributed by atoms with Crippen LogP contribution >= 0.6 is 0 Å². The van der Waals surface area contributed by atoms with Gasteiger partial charge in [-0.25, -0.2) is 0 Å². The number of hydrogen-bond donors (Lipinski definition) is 8. The van der Waals surface area contributed by atoms with E-state index in [9.17, 15) is 30.6 Å². The van der Waals surface area contributed by atoms with Crippen LogP contribution in [0.2, 0.25) is 0 Å². The number of hydrogen-bond acceptors (Lipinski definition) is 11. The highest BCUT2D eigenvalue weighted by Gasteiger charge is 2.70. The van der Waals surface area contributed by atoms with Crippen molar-refractivity contribution in [3.05, 3.63) is 0 Å². The third-order valence-corrected chi connectivity index (χ3v) is 4.79. The Bertz CT molecular complexity index is 432. The zero-order valence-corrected chi connectivity index (χ0v) is 13.0. The van der Waals surface area contributed by atoms with E-state index in [1.54, 1.807) is 0 Å². The molecule has 24 heavy (non-hydrogen) atoms. The predicted molar refractivity (Wildman–Crippen MR) is 73.5 cm³/mol. The fourth-order valence-electron chi connectivity index (χ4n) is 3.21. The maximum Gasteiger partial charge on any atom is 0.192 e. The van der Waals surface area contributed by atoms with E-state index in [1.807, 2.05) is 0 Å². The van der Waals surface area contributed by atoms with Crippen molar-refractivity contribution in [2.45, 2.75) is 54.1 Å². The summed E-state index contributed by atoms with van der Waals surface area (Å²) in [6.07, 6.45) is -12.1. The molecule has 2 rings (SSSR count). The van der Waals surface area contributed by atoms with Gasteiger partial charge in [-0.1, -0.05) is 0 Å². The fraction of sp³-hybridized carbons (Fsp3) is 1.00. The topological polar surface area (TPSA) is 190 Å². The summed E-state index contributed by atoms with van der Waals surface area (Å²) in [5.41, 5.74) is -5.52. The summed E-state index contributed by atoms with van der Waals surface area (Å²) >= 11 is 0. The number of rotatable bonds is 4. The lowest BCUT2D eigenvalue weighted by Crippen LogP contribution is -2.82. The fourth-order valence-corrected chi connectivity index (χ4v) is 3.21. The first-order valence-electron chi connectivity index (χ1n) is 7.37. The van der Waals surface area contributed by atoms with Gasteiger partial charge in [0.05, 0.1) is 19.8 Å². The Labute approximate surface area is 137 Å². The lowest BCUT2D eigenvalue weighted by atomic mass is 9.68. The Balaban J connectivity index is 2.42. The molecule has 0 bridgehead atoms. The molecule has 0 aromatic rings. The van der Waals surface area contributed by atoms with Crippen LogP contribution in [0.1, 0.15) is 0 Å². The normalized spacial score (nSPS) is 53.1. The minimum atomic E-state index is -2.81. The van der Waals surface area contributed by atoms with E-state index in [0.717, 1.165) is 7.11 Å². The van der Waals surface area contributed by atoms with Gasteiger partial charge in [0.2, 0.25) is 0 Å². The van der Waals surface area contributed by atoms with E-state index in [2.05, 4.69) is 0 Å². The Kier molecular flexibility index (Phi) is 5.84. The minimum Gasteiger partial charge on any atom is -0.394 e. The number of ether oxygens (including phenoxy) is 3. The van der Waals surface area contributed by atoms with Crippen LogP contribution in [-0.4, -0.2) is 122 Å². The van der Waals surface area contributed by atoms with Crippen molar-refractivity contribution in [1.29, 1.82) is 0 Å². The van der Waals surface area contributed by atoms with Crippen molar-refractivity contribution in [2.75, 3.05) is 26.9 Å². The molecular weight excluding hydrogens is 332 g/mol. The van der Waals surface area contributed by atoms with E-state index in [0.29, 0.717) is 0 Å². The maximum absolute atomic E-state index is 10.9. The Morgan fingerprint density at radius 2 is 1.50 bits per heavy atom. The van der Waals surface area contributed by atoms with E-state index < -0.39 is 73.9 Å². The zero-order chi connectivity index (χ0) is 18.3. The maximum atomic E-state index is 10.9. The second-order valence-electron chi connectivity index (χ2n) is 6.08. The monoisotopic (exact) mass is 356 g/mol. The molecule has 0 saturated carbocycles. The molecule has 0 aliphatic carbocycles. The second kappa shape index (κ2) is 7.05. The van der Waals surface area contributed by atoms with E-state index in [4.69, 9.17) is 24.4 Å². The summed E-state index contributed by atoms with van der Waals surface area (Å²) in [7, 11) is 1.07. The van der Waals surface area contributed by atoms with Crippen LogP contribution in [-0.2, 0) is 14.2 Å². The molecule has 2 heterocycles. The summed E-state index contributed by atoms with van der Waals surface area (Å²) < 4.78 is 15.1. The van der Waals surface area contributed by atoms with Crippen molar-refractivity contribution in [3.63, 3.8) is 0 Å². The van der Waals surface area contributed by atoms with E-state index >= 15 is 0 Å². The van der Waals surface area contributed by atoms with Crippen molar-refractivity contribution in [1.82, 2.24) is 0 Å². The summed E-state index contributed by atoms with van der Waals surface area (Å²) in [5.74, 6) is 0. The molecule has 0 unspecified atom stereocenters. The third-order valence-electron chi connectivity index (χ3n) is 4.79. The van der Waals surface area contributed by atoms with Crippen LogP contribution in [0.3, 0.4) is 0 Å². The van der Waals surface area contributed by atoms with E-state index in [1.165, 1.54) is 0 Å². The Morgan fingerprint density at radius 3 is 2.00 bits per heavy atom. The molecule has 11 heteroatoms. The van der Waals surface area contributed by atoms with Crippen molar-refractivity contribution >= 4 is 0 Å². The van der Waals surface area contributed by atoms with Crippen LogP contribution in [0, 0.1) is 0 Å². The van der Waals surface area contributed by atoms with Gasteiger partial charge in [0.1, 0.15) is 36.6 Å². The molecule has 11 nitrogen and oxygen atoms in total. The summed E-state index contributed by atoms with van der Waals surface area (Å²) in [5, 5.41) is 80.5. The van der Waals surface area contributed by atoms with Gasteiger partial charge in [0.15, 0.2) is 17.5 Å². The number of aliphatic hydroxyl groups excluding tert-OH is 6. The van der Waals surface area contributed by atoms with Crippen molar-refractivity contribution in [3.8, 4) is 0 Å². The lowest BCUT2D eigenvalue weighted by Gasteiger charge is -2.57. The zero-order valence-electron chi connectivity index (χ0n) is 13.0. The van der Waals surface area contributed by atoms with Crippen LogP contribution in [0.15, 0.2) is 0 Å². The smallest absolute Gasteiger partial charge is 0.192 e. The van der Waals surface area contributed by atoms with Gasteiger partial charge in [-0.15, -0.1) is 0 Å². The molecule has 0 amide bonds. The standard InChI is InChI=1S/C13H24O11/c1-22-11-13(21,10(19)8(17)6(3-15)24-11)12(20)4-23-5(2-14)7(16)9(12)18/h5-11,14-21H,2-4H2,1H3/t5-,6-,7-,8-,9+,10+,11+,12+,13+/m1/s1. The molecule has 8 N–H and O–H groups in total. The number of methoxy groups -OCH3 is 1. The first-order chi connectivity index (χ1) is 11.2. The molecule has 2 aliphatic heterocycles. The van der Waals surface area contributed by atoms with Gasteiger partial charge < -0.3 is 55.1 Å². The van der Waals surface area contributed by atoms with Gasteiger partial charge in [-0.3, -0.25) is 0 Å². The summed E-state index contributed by atoms with van der Waals surface area (Å²) in [6.45, 7) is -2.17. The third kappa shape index (κ3) is 2.66. The van der Waals surface area contributed by atoms with Gasteiger partial charge in [0, 0.05) is 7.11 Å². The minimum absolute atomic E-state index is 0.658. The molecule has 0 aromatic heterocycles. The molecule has 2 saturated heterocycles. The number of aliphatic hydroxyl groups is 8. The first kappa shape index (κ1) is 19.9. The van der Waals surface area contributed by atoms with Crippen molar-refractivity contribution in [2.24, 2.45) is 0 Å². The van der Waals surface area contributed by atoms with Crippen molar-refractivity contribution < 1.29 is 55.1 Å². The Hall–Kier alpha value is -0.440. The molecule has 0 aromatic carbocycles. The molecule has 0 radical (unpaired) electrons. The quantitative estimate of drug-likeness (QED) is 0.240. The van der Waals surface area contributed by atoms with Gasteiger partial charge >= 0.3 is 0 Å². The van der Waals surface area contributed by atoms with Gasteiger partial charge in [-0.2, -0.15) is 0 Å². The SMILES string of the molecule is CO[C@H]1O[C@H](CO)[C@@H](O)[C@H](O)[C@@]1(O)[C@]1(O)CO[C@H](CO)[C@@H](O)[C@@H]1O. The van der Waals surface area contributed by atoms with E-state index in [-0.39, 0.29) is 0 Å². The Morgan fingerprint density at radius 1 is 0.958 bits per heavy atom. The highest BCUT2D eigenvalue weighted by Crippen LogP contribution is 2.43. The average molecular weight is 356 g/mol. The molecule has 2 fully saturated rings.